The summed E-state index contributed by atoms with van der Waals surface area (Å²) in [6.07, 6.45) is 1.34. The van der Waals surface area contributed by atoms with Gasteiger partial charge in [0.15, 0.2) is 0 Å². The third-order valence-electron chi connectivity index (χ3n) is 4.10. The van der Waals surface area contributed by atoms with Crippen molar-refractivity contribution in [1.82, 2.24) is 10.3 Å². The van der Waals surface area contributed by atoms with Gasteiger partial charge >= 0.3 is 0 Å². The number of nitrogens with one attached hydrogen (secondary N) is 1. The Bertz CT molecular complexity index is 643. The predicted octanol–water partition coefficient (Wildman–Crippen LogP) is 3.14. The Hall–Kier alpha value is -1.34. The van der Waals surface area contributed by atoms with E-state index in [-0.39, 0.29) is 18.0 Å². The summed E-state index contributed by atoms with van der Waals surface area (Å²) >= 11 is 1.43. The molecule has 0 amide bonds. The molecule has 1 aromatic carbocycles. The Kier molecular flexibility index (Phi) is 5.38. The highest BCUT2D eigenvalue weighted by Gasteiger charge is 2.24. The van der Waals surface area contributed by atoms with Gasteiger partial charge in [-0.25, -0.2) is 9.37 Å². The van der Waals surface area contributed by atoms with Gasteiger partial charge in [-0.3, -0.25) is 0 Å². The molecule has 1 aliphatic heterocycles. The summed E-state index contributed by atoms with van der Waals surface area (Å²) in [5.74, 6) is -0.261. The standard InChI is InChI=1S/C17H21FN2O2S/c1-11(19-9-15(21)16-7-4-8-22-16)14-10-23-17(20-14)12-5-2-3-6-13(12)18/h2-3,5-6,10-11,15-16,19,21H,4,7-9H2,1H3. The Balaban J connectivity index is 1.60. The molecule has 3 rings (SSSR count). The number of ether oxygens (including phenoxy) is 1. The van der Waals surface area contributed by atoms with Crippen LogP contribution in [0.25, 0.3) is 10.6 Å². The van der Waals surface area contributed by atoms with Crippen LogP contribution < -0.4 is 5.32 Å². The predicted molar refractivity (Wildman–Crippen MR) is 88.9 cm³/mol. The van der Waals surface area contributed by atoms with Crippen LogP contribution in [0.2, 0.25) is 0 Å². The summed E-state index contributed by atoms with van der Waals surface area (Å²) in [6, 6.07) is 6.64. The van der Waals surface area contributed by atoms with E-state index in [0.717, 1.165) is 25.1 Å². The molecule has 0 aliphatic carbocycles. The Morgan fingerprint density at radius 2 is 2.30 bits per heavy atom. The molecule has 2 aromatic rings. The van der Waals surface area contributed by atoms with Crippen molar-refractivity contribution < 1.29 is 14.2 Å². The summed E-state index contributed by atoms with van der Waals surface area (Å²) < 4.78 is 19.3. The highest BCUT2D eigenvalue weighted by Crippen LogP contribution is 2.28. The molecule has 3 unspecified atom stereocenters. The van der Waals surface area contributed by atoms with E-state index in [1.807, 2.05) is 12.3 Å². The Morgan fingerprint density at radius 3 is 3.04 bits per heavy atom. The molecular weight excluding hydrogens is 315 g/mol. The lowest BCUT2D eigenvalue weighted by atomic mass is 10.1. The molecule has 1 aromatic heterocycles. The molecule has 0 saturated carbocycles. The molecule has 1 aliphatic rings. The smallest absolute Gasteiger partial charge is 0.133 e. The summed E-state index contributed by atoms with van der Waals surface area (Å²) in [5.41, 5.74) is 1.38. The number of aliphatic hydroxyl groups excluding tert-OH is 1. The number of rotatable bonds is 6. The average molecular weight is 336 g/mol. The van der Waals surface area contributed by atoms with Gasteiger partial charge < -0.3 is 15.2 Å². The summed E-state index contributed by atoms with van der Waals surface area (Å²) in [7, 11) is 0. The first-order valence-electron chi connectivity index (χ1n) is 7.88. The van der Waals surface area contributed by atoms with Gasteiger partial charge in [0.2, 0.25) is 0 Å². The van der Waals surface area contributed by atoms with E-state index < -0.39 is 6.10 Å². The fourth-order valence-electron chi connectivity index (χ4n) is 2.68. The molecule has 4 nitrogen and oxygen atoms in total. The minimum Gasteiger partial charge on any atom is -0.389 e. The summed E-state index contributed by atoms with van der Waals surface area (Å²) in [4.78, 5) is 4.52. The second-order valence-electron chi connectivity index (χ2n) is 5.81. The first-order valence-corrected chi connectivity index (χ1v) is 8.76. The number of hydrogen-bond donors (Lipinski definition) is 2. The summed E-state index contributed by atoms with van der Waals surface area (Å²) in [6.45, 7) is 3.18. The van der Waals surface area contributed by atoms with Crippen molar-refractivity contribution >= 4 is 11.3 Å². The zero-order valence-corrected chi connectivity index (χ0v) is 13.9. The van der Waals surface area contributed by atoms with Gasteiger partial charge in [0.05, 0.1) is 17.9 Å². The lowest BCUT2D eigenvalue weighted by molar-refractivity contribution is -0.00151. The van der Waals surface area contributed by atoms with Crippen LogP contribution in [0.3, 0.4) is 0 Å². The minimum atomic E-state index is -0.510. The third-order valence-corrected chi connectivity index (χ3v) is 4.99. The molecule has 0 radical (unpaired) electrons. The fourth-order valence-corrected chi connectivity index (χ4v) is 3.62. The first-order chi connectivity index (χ1) is 11.1. The zero-order chi connectivity index (χ0) is 16.2. The second-order valence-corrected chi connectivity index (χ2v) is 6.66. The SMILES string of the molecule is CC(NCC(O)C1CCCO1)c1csc(-c2ccccc2F)n1. The van der Waals surface area contributed by atoms with Gasteiger partial charge in [0.1, 0.15) is 10.8 Å². The van der Waals surface area contributed by atoms with Gasteiger partial charge in [0.25, 0.3) is 0 Å². The quantitative estimate of drug-likeness (QED) is 0.851. The maximum atomic E-state index is 13.8. The van der Waals surface area contributed by atoms with Crippen LogP contribution in [-0.4, -0.2) is 35.5 Å². The van der Waals surface area contributed by atoms with Crippen molar-refractivity contribution in [1.29, 1.82) is 0 Å². The fraction of sp³-hybridized carbons (Fsp3) is 0.471. The van der Waals surface area contributed by atoms with Crippen LogP contribution in [0.15, 0.2) is 29.6 Å². The third kappa shape index (κ3) is 3.95. The van der Waals surface area contributed by atoms with Crippen LogP contribution in [0.1, 0.15) is 31.5 Å². The number of aliphatic hydroxyl groups is 1. The highest BCUT2D eigenvalue weighted by atomic mass is 32.1. The van der Waals surface area contributed by atoms with E-state index in [4.69, 9.17) is 4.74 Å². The van der Waals surface area contributed by atoms with E-state index in [9.17, 15) is 9.50 Å². The molecule has 2 N–H and O–H groups in total. The molecule has 0 bridgehead atoms. The monoisotopic (exact) mass is 336 g/mol. The maximum absolute atomic E-state index is 13.8. The molecule has 0 spiro atoms. The average Bonchev–Trinajstić information content (AvgIpc) is 3.24. The molecule has 1 saturated heterocycles. The molecule has 23 heavy (non-hydrogen) atoms. The van der Waals surface area contributed by atoms with Gasteiger partial charge in [-0.05, 0) is 31.9 Å². The zero-order valence-electron chi connectivity index (χ0n) is 13.0. The van der Waals surface area contributed by atoms with Crippen molar-refractivity contribution in [2.75, 3.05) is 13.2 Å². The minimum absolute atomic E-state index is 0.0113. The van der Waals surface area contributed by atoms with Crippen LogP contribution >= 0.6 is 11.3 Å². The molecular formula is C17H21FN2O2S. The first kappa shape index (κ1) is 16.5. The van der Waals surface area contributed by atoms with E-state index in [1.54, 1.807) is 18.2 Å². The van der Waals surface area contributed by atoms with Crippen molar-refractivity contribution in [2.24, 2.45) is 0 Å². The van der Waals surface area contributed by atoms with E-state index in [0.29, 0.717) is 17.1 Å². The van der Waals surface area contributed by atoms with Crippen LogP contribution in [0, 0.1) is 5.82 Å². The van der Waals surface area contributed by atoms with Gasteiger partial charge in [0, 0.05) is 30.1 Å². The second kappa shape index (κ2) is 7.49. The number of aromatic nitrogens is 1. The van der Waals surface area contributed by atoms with Crippen molar-refractivity contribution in [3.05, 3.63) is 41.2 Å². The van der Waals surface area contributed by atoms with Crippen LogP contribution in [-0.2, 0) is 4.74 Å². The van der Waals surface area contributed by atoms with Crippen molar-refractivity contribution in [3.63, 3.8) is 0 Å². The van der Waals surface area contributed by atoms with E-state index >= 15 is 0 Å². The van der Waals surface area contributed by atoms with Gasteiger partial charge in [-0.1, -0.05) is 12.1 Å². The molecule has 124 valence electrons. The Labute approximate surface area is 139 Å². The maximum Gasteiger partial charge on any atom is 0.133 e. The molecule has 2 heterocycles. The van der Waals surface area contributed by atoms with E-state index in [1.165, 1.54) is 17.4 Å². The number of nitrogens with zero attached hydrogens (tertiary/aromatic N) is 1. The van der Waals surface area contributed by atoms with Crippen molar-refractivity contribution in [2.45, 2.75) is 38.0 Å². The van der Waals surface area contributed by atoms with Crippen LogP contribution in [0.5, 0.6) is 0 Å². The number of halogens is 1. The largest absolute Gasteiger partial charge is 0.389 e. The highest BCUT2D eigenvalue weighted by molar-refractivity contribution is 7.13. The molecule has 6 heteroatoms. The molecule has 1 fully saturated rings. The van der Waals surface area contributed by atoms with E-state index in [2.05, 4.69) is 10.3 Å². The lowest BCUT2D eigenvalue weighted by Crippen LogP contribution is -2.37. The van der Waals surface area contributed by atoms with Gasteiger partial charge in [-0.2, -0.15) is 0 Å². The number of hydrogen-bond acceptors (Lipinski definition) is 5. The Morgan fingerprint density at radius 1 is 1.48 bits per heavy atom. The lowest BCUT2D eigenvalue weighted by Gasteiger charge is -2.20. The normalized spacial score (nSPS) is 20.6. The number of benzene rings is 1. The van der Waals surface area contributed by atoms with Crippen molar-refractivity contribution in [3.8, 4) is 10.6 Å². The van der Waals surface area contributed by atoms with Gasteiger partial charge in [-0.15, -0.1) is 11.3 Å². The number of thiazole rings is 1. The van der Waals surface area contributed by atoms with Crippen LogP contribution in [0.4, 0.5) is 4.39 Å². The summed E-state index contributed by atoms with van der Waals surface area (Å²) in [5, 5.41) is 16.0. The molecule has 3 atom stereocenters. The topological polar surface area (TPSA) is 54.4 Å².